The molecular formula is C26H33N7O2. The van der Waals surface area contributed by atoms with Gasteiger partial charge >= 0.3 is 0 Å². The molecule has 0 spiro atoms. The molecule has 1 aromatic heterocycles. The Labute approximate surface area is 205 Å². The number of hydrazone groups is 1. The van der Waals surface area contributed by atoms with Crippen LogP contribution in [0.5, 0.6) is 5.75 Å². The van der Waals surface area contributed by atoms with E-state index in [9.17, 15) is 5.26 Å². The first-order valence-corrected chi connectivity index (χ1v) is 11.7. The molecule has 0 saturated heterocycles. The number of nitrogens with two attached hydrogens (primary N) is 2. The Morgan fingerprint density at radius 1 is 1.31 bits per heavy atom. The number of carbonyl (C=O) groups excluding carboxylic acids is 1. The molecule has 1 heterocycles. The summed E-state index contributed by atoms with van der Waals surface area (Å²) in [7, 11) is 0. The van der Waals surface area contributed by atoms with E-state index in [4.69, 9.17) is 15.4 Å². The molecule has 0 aliphatic heterocycles. The minimum atomic E-state index is 0.250. The number of primary amides is 1. The third kappa shape index (κ3) is 5.91. The molecule has 9 nitrogen and oxygen atoms in total. The van der Waals surface area contributed by atoms with Crippen LogP contribution in [-0.4, -0.2) is 42.0 Å². The molecule has 35 heavy (non-hydrogen) atoms. The number of nitrogens with one attached hydrogen (secondary N) is 1. The standard InChI is InChI=1S/C25H30N6O.CH3NO/c1-17(2)29-19-9-7-18(8-10-19)25-23(16-26)22-12-11-21(32-14-13-30(27)28-3)15-24(22)31(25)20-5-4-6-20;2-1-3/h7-12,15,17,20,29H,3-6,13-14,27H2,1-2H3;1H,(H2,2,3). The predicted octanol–water partition coefficient (Wildman–Crippen LogP) is 4.00. The van der Waals surface area contributed by atoms with E-state index in [1.807, 2.05) is 18.2 Å². The van der Waals surface area contributed by atoms with Crippen LogP contribution in [-0.2, 0) is 4.79 Å². The highest BCUT2D eigenvalue weighted by Gasteiger charge is 2.28. The van der Waals surface area contributed by atoms with Crippen LogP contribution in [0.15, 0.2) is 47.6 Å². The van der Waals surface area contributed by atoms with Crippen molar-refractivity contribution in [2.45, 2.75) is 45.2 Å². The minimum absolute atomic E-state index is 0.250. The first kappa shape index (κ1) is 25.6. The second kappa shape index (κ2) is 11.9. The number of carbonyl (C=O) groups is 1. The summed E-state index contributed by atoms with van der Waals surface area (Å²) in [6, 6.07) is 17.5. The van der Waals surface area contributed by atoms with Crippen LogP contribution >= 0.6 is 0 Å². The number of hydrogen-bond acceptors (Lipinski definition) is 7. The van der Waals surface area contributed by atoms with Gasteiger partial charge in [0.1, 0.15) is 18.4 Å². The van der Waals surface area contributed by atoms with Gasteiger partial charge in [-0.15, -0.1) is 0 Å². The smallest absolute Gasteiger partial charge is 0.204 e. The van der Waals surface area contributed by atoms with Gasteiger partial charge in [-0.25, -0.2) is 11.0 Å². The summed E-state index contributed by atoms with van der Waals surface area (Å²) in [6.07, 6.45) is 3.69. The number of fused-ring (bicyclic) bond motifs is 1. The second-order valence-electron chi connectivity index (χ2n) is 8.63. The maximum atomic E-state index is 10.1. The molecule has 1 fully saturated rings. The van der Waals surface area contributed by atoms with Crippen LogP contribution in [0.4, 0.5) is 5.69 Å². The summed E-state index contributed by atoms with van der Waals surface area (Å²) < 4.78 is 8.24. The fourth-order valence-electron chi connectivity index (χ4n) is 4.19. The fraction of sp³-hybridized carbons (Fsp3) is 0.346. The third-order valence-corrected chi connectivity index (χ3v) is 5.91. The van der Waals surface area contributed by atoms with E-state index >= 15 is 0 Å². The van der Waals surface area contributed by atoms with Crippen molar-refractivity contribution >= 4 is 29.7 Å². The first-order valence-electron chi connectivity index (χ1n) is 11.7. The van der Waals surface area contributed by atoms with Gasteiger partial charge in [-0.2, -0.15) is 10.4 Å². The van der Waals surface area contributed by atoms with Crippen LogP contribution in [0.25, 0.3) is 22.2 Å². The van der Waals surface area contributed by atoms with Gasteiger partial charge in [-0.3, -0.25) is 4.79 Å². The van der Waals surface area contributed by atoms with Crippen LogP contribution in [0.2, 0.25) is 0 Å². The normalized spacial score (nSPS) is 12.8. The van der Waals surface area contributed by atoms with Crippen molar-refractivity contribution in [1.29, 1.82) is 5.26 Å². The zero-order valence-corrected chi connectivity index (χ0v) is 20.3. The van der Waals surface area contributed by atoms with Crippen molar-refractivity contribution in [3.05, 3.63) is 48.0 Å². The molecule has 0 radical (unpaired) electrons. The Morgan fingerprint density at radius 2 is 2.00 bits per heavy atom. The molecule has 2 aromatic carbocycles. The summed E-state index contributed by atoms with van der Waals surface area (Å²) in [5.74, 6) is 6.39. The van der Waals surface area contributed by atoms with E-state index in [2.05, 4.69) is 71.6 Å². The Balaban J connectivity index is 0.00000108. The number of benzene rings is 2. The fourth-order valence-corrected chi connectivity index (χ4v) is 4.19. The van der Waals surface area contributed by atoms with Gasteiger partial charge in [-0.05, 0) is 62.9 Å². The van der Waals surface area contributed by atoms with Crippen molar-refractivity contribution in [3.8, 4) is 23.1 Å². The molecule has 0 bridgehead atoms. The van der Waals surface area contributed by atoms with Gasteiger partial charge in [0.15, 0.2) is 0 Å². The summed E-state index contributed by atoms with van der Waals surface area (Å²) in [6.45, 7) is 8.48. The van der Waals surface area contributed by atoms with E-state index in [0.717, 1.165) is 46.4 Å². The maximum absolute atomic E-state index is 10.1. The monoisotopic (exact) mass is 475 g/mol. The highest BCUT2D eigenvalue weighted by atomic mass is 16.5. The lowest BCUT2D eigenvalue weighted by atomic mass is 9.92. The van der Waals surface area contributed by atoms with Gasteiger partial charge in [0.2, 0.25) is 6.41 Å². The Morgan fingerprint density at radius 3 is 2.54 bits per heavy atom. The molecule has 3 aromatic rings. The molecule has 4 rings (SSSR count). The average Bonchev–Trinajstić information content (AvgIpc) is 3.12. The van der Waals surface area contributed by atoms with Crippen LogP contribution < -0.4 is 21.6 Å². The first-order chi connectivity index (χ1) is 16.9. The van der Waals surface area contributed by atoms with Crippen molar-refractivity contribution in [3.63, 3.8) is 0 Å². The maximum Gasteiger partial charge on any atom is 0.204 e. The predicted molar refractivity (Wildman–Crippen MR) is 140 cm³/mol. The van der Waals surface area contributed by atoms with Gasteiger partial charge in [0.05, 0.1) is 23.3 Å². The van der Waals surface area contributed by atoms with Gasteiger partial charge in [-0.1, -0.05) is 12.1 Å². The highest BCUT2D eigenvalue weighted by molar-refractivity contribution is 5.95. The summed E-state index contributed by atoms with van der Waals surface area (Å²) in [5.41, 5.74) is 9.04. The molecule has 0 atom stereocenters. The van der Waals surface area contributed by atoms with E-state index < -0.39 is 0 Å². The zero-order valence-electron chi connectivity index (χ0n) is 20.3. The Bertz CT molecular complexity index is 1190. The quantitative estimate of drug-likeness (QED) is 0.185. The number of anilines is 1. The minimum Gasteiger partial charge on any atom is -0.492 e. The van der Waals surface area contributed by atoms with Gasteiger partial charge in [0, 0.05) is 35.9 Å². The number of ether oxygens (including phenoxy) is 1. The third-order valence-electron chi connectivity index (χ3n) is 5.91. The summed E-state index contributed by atoms with van der Waals surface area (Å²) in [4.78, 5) is 8.58. The van der Waals surface area contributed by atoms with E-state index in [1.165, 1.54) is 11.5 Å². The molecule has 9 heteroatoms. The lowest BCUT2D eigenvalue weighted by molar-refractivity contribution is -0.106. The molecule has 1 saturated carbocycles. The lowest BCUT2D eigenvalue weighted by Crippen LogP contribution is -2.29. The van der Waals surface area contributed by atoms with Gasteiger partial charge in [0.25, 0.3) is 0 Å². The average molecular weight is 476 g/mol. The SMILES string of the molecule is C=NN(N)CCOc1ccc2c(C#N)c(-c3ccc(NC(C)C)cc3)n(C3CCC3)c2c1.NC=O. The molecule has 1 amide bonds. The molecule has 1 aliphatic carbocycles. The van der Waals surface area contributed by atoms with Crippen LogP contribution in [0.3, 0.4) is 0 Å². The van der Waals surface area contributed by atoms with E-state index in [-0.39, 0.29) is 6.41 Å². The number of nitriles is 1. The molecule has 184 valence electrons. The molecule has 5 N–H and O–H groups in total. The Hall–Kier alpha value is -4.03. The molecule has 1 aliphatic rings. The van der Waals surface area contributed by atoms with Gasteiger partial charge < -0.3 is 20.4 Å². The highest BCUT2D eigenvalue weighted by Crippen LogP contribution is 2.43. The number of hydrazine groups is 1. The van der Waals surface area contributed by atoms with E-state index in [1.54, 1.807) is 0 Å². The van der Waals surface area contributed by atoms with Crippen molar-refractivity contribution < 1.29 is 9.53 Å². The van der Waals surface area contributed by atoms with Crippen LogP contribution in [0.1, 0.15) is 44.7 Å². The summed E-state index contributed by atoms with van der Waals surface area (Å²) >= 11 is 0. The van der Waals surface area contributed by atoms with E-state index in [0.29, 0.717) is 30.8 Å². The van der Waals surface area contributed by atoms with Crippen molar-refractivity contribution in [2.24, 2.45) is 16.7 Å². The number of hydrogen-bond donors (Lipinski definition) is 3. The number of aromatic nitrogens is 1. The molecular weight excluding hydrogens is 442 g/mol. The number of amides is 1. The topological polar surface area (TPSA) is 135 Å². The largest absolute Gasteiger partial charge is 0.492 e. The lowest BCUT2D eigenvalue weighted by Gasteiger charge is -2.30. The van der Waals surface area contributed by atoms with Crippen molar-refractivity contribution in [2.75, 3.05) is 18.5 Å². The molecule has 0 unspecified atom stereocenters. The van der Waals surface area contributed by atoms with Crippen LogP contribution in [0, 0.1) is 11.3 Å². The number of nitrogens with zero attached hydrogens (tertiary/aromatic N) is 4. The second-order valence-corrected chi connectivity index (χ2v) is 8.63. The summed E-state index contributed by atoms with van der Waals surface area (Å²) in [5, 5.41) is 19.4. The van der Waals surface area contributed by atoms with Crippen molar-refractivity contribution in [1.82, 2.24) is 9.69 Å². The Kier molecular flexibility index (Phi) is 8.70. The zero-order chi connectivity index (χ0) is 25.4. The number of rotatable bonds is 9.